The van der Waals surface area contributed by atoms with Gasteiger partial charge in [-0.2, -0.15) is 0 Å². The van der Waals surface area contributed by atoms with Gasteiger partial charge in [-0.25, -0.2) is 9.37 Å². The molecule has 5 heteroatoms. The fraction of sp³-hybridized carbons (Fsp3) is 0.400. The Morgan fingerprint density at radius 2 is 2.20 bits per heavy atom. The summed E-state index contributed by atoms with van der Waals surface area (Å²) in [6, 6.07) is 5.44. The van der Waals surface area contributed by atoms with Crippen LogP contribution in [-0.4, -0.2) is 9.55 Å². The number of nitrogen functional groups attached to an aromatic ring is 1. The summed E-state index contributed by atoms with van der Waals surface area (Å²) in [5.74, 6) is 1.27. The van der Waals surface area contributed by atoms with Crippen molar-refractivity contribution in [3.05, 3.63) is 34.3 Å². The van der Waals surface area contributed by atoms with Gasteiger partial charge in [-0.15, -0.1) is 0 Å². The highest BCUT2D eigenvalue weighted by atomic mass is 79.9. The normalized spacial score (nSPS) is 14.8. The van der Waals surface area contributed by atoms with E-state index in [1.54, 1.807) is 6.07 Å². The van der Waals surface area contributed by atoms with Crippen molar-refractivity contribution in [2.45, 2.75) is 38.6 Å². The number of halogens is 2. The smallest absolute Gasteiger partial charge is 0.133 e. The van der Waals surface area contributed by atoms with E-state index in [0.29, 0.717) is 27.6 Å². The molecule has 106 valence electrons. The number of hydrogen-bond acceptors (Lipinski definition) is 2. The Hall–Kier alpha value is -1.36. The lowest BCUT2D eigenvalue weighted by molar-refractivity contribution is 0.630. The number of benzene rings is 1. The predicted octanol–water partition coefficient (Wildman–Crippen LogP) is 4.32. The topological polar surface area (TPSA) is 43.8 Å². The van der Waals surface area contributed by atoms with Crippen molar-refractivity contribution in [1.29, 1.82) is 0 Å². The van der Waals surface area contributed by atoms with E-state index in [0.717, 1.165) is 31.5 Å². The highest BCUT2D eigenvalue weighted by Gasteiger charge is 2.30. The van der Waals surface area contributed by atoms with Gasteiger partial charge in [0.25, 0.3) is 0 Å². The molecule has 1 aliphatic carbocycles. The van der Waals surface area contributed by atoms with Crippen LogP contribution in [0.3, 0.4) is 0 Å². The van der Waals surface area contributed by atoms with E-state index in [1.807, 2.05) is 6.07 Å². The molecule has 0 aliphatic heterocycles. The third-order valence-corrected chi connectivity index (χ3v) is 4.09. The summed E-state index contributed by atoms with van der Waals surface area (Å²) in [6.45, 7) is 2.11. The second kappa shape index (κ2) is 5.20. The van der Waals surface area contributed by atoms with Gasteiger partial charge in [-0.1, -0.05) is 22.9 Å². The summed E-state index contributed by atoms with van der Waals surface area (Å²) in [7, 11) is 0. The number of anilines is 1. The summed E-state index contributed by atoms with van der Waals surface area (Å²) in [5, 5.41) is 0. The summed E-state index contributed by atoms with van der Waals surface area (Å²) in [6.07, 6.45) is 4.16. The van der Waals surface area contributed by atoms with E-state index >= 15 is 0 Å². The second-order valence-corrected chi connectivity index (χ2v) is 6.15. The number of aryl methyl sites for hydroxylation is 1. The monoisotopic (exact) mass is 337 g/mol. The molecule has 0 atom stereocenters. The van der Waals surface area contributed by atoms with E-state index in [4.69, 9.17) is 5.73 Å². The Labute approximate surface area is 126 Å². The molecule has 1 aromatic carbocycles. The Balaban J connectivity index is 2.11. The maximum atomic E-state index is 14.1. The third kappa shape index (κ3) is 2.35. The Morgan fingerprint density at radius 3 is 2.80 bits per heavy atom. The van der Waals surface area contributed by atoms with Crippen LogP contribution in [-0.2, 0) is 6.42 Å². The molecule has 0 saturated heterocycles. The van der Waals surface area contributed by atoms with E-state index in [1.165, 1.54) is 6.07 Å². The minimum atomic E-state index is -0.297. The van der Waals surface area contributed by atoms with Crippen LogP contribution in [0.2, 0.25) is 0 Å². The fourth-order valence-corrected chi connectivity index (χ4v) is 2.85. The standard InChI is InChI=1S/C15H17BrFN3/c1-2-3-13-19-14(15(18)20(13)10-5-6-10)11-7-4-9(16)8-12(11)17/h4,7-8,10H,2-3,5-6,18H2,1H3. The van der Waals surface area contributed by atoms with Gasteiger partial charge in [0, 0.05) is 22.5 Å². The first-order chi connectivity index (χ1) is 9.61. The van der Waals surface area contributed by atoms with E-state index in [2.05, 4.69) is 32.4 Å². The minimum absolute atomic E-state index is 0.297. The van der Waals surface area contributed by atoms with Gasteiger partial charge in [0.2, 0.25) is 0 Å². The molecule has 3 nitrogen and oxygen atoms in total. The lowest BCUT2D eigenvalue weighted by Crippen LogP contribution is -2.05. The van der Waals surface area contributed by atoms with Gasteiger partial charge in [-0.05, 0) is 37.5 Å². The molecule has 1 aromatic heterocycles. The molecule has 0 bridgehead atoms. The molecule has 1 fully saturated rings. The second-order valence-electron chi connectivity index (χ2n) is 5.24. The maximum absolute atomic E-state index is 14.1. The quantitative estimate of drug-likeness (QED) is 0.902. The molecule has 2 aromatic rings. The van der Waals surface area contributed by atoms with Gasteiger partial charge in [0.15, 0.2) is 0 Å². The van der Waals surface area contributed by atoms with E-state index in [9.17, 15) is 4.39 Å². The summed E-state index contributed by atoms with van der Waals surface area (Å²) < 4.78 is 16.9. The van der Waals surface area contributed by atoms with Crippen molar-refractivity contribution in [2.24, 2.45) is 0 Å². The van der Waals surface area contributed by atoms with Crippen LogP contribution in [0.25, 0.3) is 11.3 Å². The third-order valence-electron chi connectivity index (χ3n) is 3.59. The molecule has 2 N–H and O–H groups in total. The molecule has 3 rings (SSSR count). The maximum Gasteiger partial charge on any atom is 0.133 e. The summed E-state index contributed by atoms with van der Waals surface area (Å²) in [5.41, 5.74) is 7.29. The van der Waals surface area contributed by atoms with Crippen LogP contribution in [0.5, 0.6) is 0 Å². The largest absolute Gasteiger partial charge is 0.383 e. The Kier molecular flexibility index (Phi) is 3.54. The SMILES string of the molecule is CCCc1nc(-c2ccc(Br)cc2F)c(N)n1C1CC1. The Morgan fingerprint density at radius 1 is 1.45 bits per heavy atom. The van der Waals surface area contributed by atoms with Crippen molar-refractivity contribution in [1.82, 2.24) is 9.55 Å². The zero-order valence-corrected chi connectivity index (χ0v) is 13.0. The number of aromatic nitrogens is 2. The van der Waals surface area contributed by atoms with Crippen molar-refractivity contribution in [2.75, 3.05) is 5.73 Å². The lowest BCUT2D eigenvalue weighted by Gasteiger charge is -2.07. The summed E-state index contributed by atoms with van der Waals surface area (Å²) >= 11 is 3.27. The van der Waals surface area contributed by atoms with Crippen LogP contribution in [0.15, 0.2) is 22.7 Å². The van der Waals surface area contributed by atoms with E-state index < -0.39 is 0 Å². The molecule has 1 aliphatic rings. The van der Waals surface area contributed by atoms with Crippen LogP contribution in [0, 0.1) is 5.82 Å². The van der Waals surface area contributed by atoms with Gasteiger partial charge in [-0.3, -0.25) is 0 Å². The molecule has 1 saturated carbocycles. The summed E-state index contributed by atoms with van der Waals surface area (Å²) in [4.78, 5) is 4.60. The number of hydrogen-bond donors (Lipinski definition) is 1. The number of nitrogens with two attached hydrogens (primary N) is 1. The molecule has 0 amide bonds. The number of nitrogens with zero attached hydrogens (tertiary/aromatic N) is 2. The molecule has 0 unspecified atom stereocenters. The number of imidazole rings is 1. The van der Waals surface area contributed by atoms with Gasteiger partial charge in [0.05, 0.1) is 0 Å². The number of rotatable bonds is 4. The van der Waals surface area contributed by atoms with Gasteiger partial charge in [0.1, 0.15) is 23.2 Å². The first-order valence-electron chi connectivity index (χ1n) is 6.93. The van der Waals surface area contributed by atoms with Crippen LogP contribution >= 0.6 is 15.9 Å². The molecule has 20 heavy (non-hydrogen) atoms. The zero-order valence-electron chi connectivity index (χ0n) is 11.4. The molecule has 1 heterocycles. The van der Waals surface area contributed by atoms with Gasteiger partial charge < -0.3 is 10.3 Å². The average molecular weight is 338 g/mol. The predicted molar refractivity (Wildman–Crippen MR) is 82.0 cm³/mol. The van der Waals surface area contributed by atoms with Crippen molar-refractivity contribution in [3.63, 3.8) is 0 Å². The first kappa shape index (κ1) is 13.6. The van der Waals surface area contributed by atoms with Gasteiger partial charge >= 0.3 is 0 Å². The highest BCUT2D eigenvalue weighted by Crippen LogP contribution is 2.41. The first-order valence-corrected chi connectivity index (χ1v) is 7.73. The highest BCUT2D eigenvalue weighted by molar-refractivity contribution is 9.10. The minimum Gasteiger partial charge on any atom is -0.383 e. The average Bonchev–Trinajstić information content (AvgIpc) is 3.17. The molecular formula is C15H17BrFN3. The van der Waals surface area contributed by atoms with Crippen molar-refractivity contribution in [3.8, 4) is 11.3 Å². The Bertz CT molecular complexity index is 647. The van der Waals surface area contributed by atoms with Crippen molar-refractivity contribution >= 4 is 21.7 Å². The van der Waals surface area contributed by atoms with E-state index in [-0.39, 0.29) is 5.82 Å². The van der Waals surface area contributed by atoms with Crippen LogP contribution in [0.4, 0.5) is 10.2 Å². The van der Waals surface area contributed by atoms with Crippen LogP contribution in [0.1, 0.15) is 38.1 Å². The zero-order chi connectivity index (χ0) is 14.3. The molecule has 0 radical (unpaired) electrons. The fourth-order valence-electron chi connectivity index (χ4n) is 2.51. The lowest BCUT2D eigenvalue weighted by atomic mass is 10.1. The molecule has 0 spiro atoms. The molecular weight excluding hydrogens is 321 g/mol. The van der Waals surface area contributed by atoms with Crippen molar-refractivity contribution < 1.29 is 4.39 Å². The van der Waals surface area contributed by atoms with Crippen LogP contribution < -0.4 is 5.73 Å².